The molecule has 96 valence electrons. The Balaban J connectivity index is 2.05. The number of nitrogens with one attached hydrogen (secondary N) is 2. The largest absolute Gasteiger partial charge is 0.361 e. The second-order valence-corrected chi connectivity index (χ2v) is 4.12. The van der Waals surface area contributed by atoms with Gasteiger partial charge in [-0.15, -0.1) is 0 Å². The summed E-state index contributed by atoms with van der Waals surface area (Å²) in [6, 6.07) is 1.85. The molecular formula is C11H14ClN5O. The van der Waals surface area contributed by atoms with Gasteiger partial charge in [-0.25, -0.2) is 4.98 Å². The number of hydrogen-bond acceptors (Lipinski definition) is 6. The van der Waals surface area contributed by atoms with Crippen LogP contribution in [0, 0.1) is 6.92 Å². The van der Waals surface area contributed by atoms with Crippen molar-refractivity contribution in [3.05, 3.63) is 28.7 Å². The summed E-state index contributed by atoms with van der Waals surface area (Å²) in [5.74, 6) is 1.84. The molecule has 0 saturated heterocycles. The average molecular weight is 268 g/mol. The Kier molecular flexibility index (Phi) is 3.99. The lowest BCUT2D eigenvalue weighted by Gasteiger charge is -2.07. The molecule has 2 rings (SSSR count). The van der Waals surface area contributed by atoms with Gasteiger partial charge >= 0.3 is 0 Å². The van der Waals surface area contributed by atoms with Crippen LogP contribution in [0.5, 0.6) is 0 Å². The average Bonchev–Trinajstić information content (AvgIpc) is 2.76. The van der Waals surface area contributed by atoms with E-state index in [1.54, 1.807) is 6.20 Å². The van der Waals surface area contributed by atoms with E-state index in [0.29, 0.717) is 23.3 Å². The Bertz CT molecular complexity index is 528. The number of halogens is 1. The second kappa shape index (κ2) is 5.68. The highest BCUT2D eigenvalue weighted by molar-refractivity contribution is 6.32. The van der Waals surface area contributed by atoms with Crippen molar-refractivity contribution < 1.29 is 4.52 Å². The predicted octanol–water partition coefficient (Wildman–Crippen LogP) is 2.47. The molecule has 0 aliphatic rings. The zero-order valence-corrected chi connectivity index (χ0v) is 11.0. The van der Waals surface area contributed by atoms with Crippen LogP contribution in [0.1, 0.15) is 18.4 Å². The summed E-state index contributed by atoms with van der Waals surface area (Å²) in [6.45, 7) is 5.07. The second-order valence-electron chi connectivity index (χ2n) is 3.71. The van der Waals surface area contributed by atoms with Gasteiger partial charge in [-0.3, -0.25) is 0 Å². The minimum atomic E-state index is 0.466. The molecule has 0 bridgehead atoms. The fourth-order valence-electron chi connectivity index (χ4n) is 1.40. The van der Waals surface area contributed by atoms with Gasteiger partial charge in [0.1, 0.15) is 5.02 Å². The monoisotopic (exact) mass is 267 g/mol. The molecule has 2 aromatic rings. The molecule has 2 N–H and O–H groups in total. The van der Waals surface area contributed by atoms with Gasteiger partial charge in [-0.1, -0.05) is 16.8 Å². The van der Waals surface area contributed by atoms with E-state index >= 15 is 0 Å². The van der Waals surface area contributed by atoms with Crippen LogP contribution in [0.3, 0.4) is 0 Å². The predicted molar refractivity (Wildman–Crippen MR) is 69.8 cm³/mol. The molecule has 0 aliphatic carbocycles. The van der Waals surface area contributed by atoms with E-state index in [1.165, 1.54) is 0 Å². The maximum absolute atomic E-state index is 6.01. The van der Waals surface area contributed by atoms with Gasteiger partial charge in [-0.05, 0) is 13.8 Å². The first kappa shape index (κ1) is 12.6. The summed E-state index contributed by atoms with van der Waals surface area (Å²) in [4.78, 5) is 8.31. The highest BCUT2D eigenvalue weighted by Crippen LogP contribution is 2.20. The third kappa shape index (κ3) is 3.10. The number of aryl methyl sites for hydroxylation is 1. The third-order valence-electron chi connectivity index (χ3n) is 2.19. The first-order valence-electron chi connectivity index (χ1n) is 5.61. The first-order chi connectivity index (χ1) is 8.69. The van der Waals surface area contributed by atoms with E-state index < -0.39 is 0 Å². The van der Waals surface area contributed by atoms with Crippen LogP contribution in [0.15, 0.2) is 16.8 Å². The maximum Gasteiger partial charge on any atom is 0.224 e. The van der Waals surface area contributed by atoms with Crippen molar-refractivity contribution in [3.63, 3.8) is 0 Å². The van der Waals surface area contributed by atoms with Gasteiger partial charge in [0, 0.05) is 12.6 Å². The number of rotatable bonds is 5. The SMILES string of the molecule is CCNc1ncc(Cl)c(NCc2cc(C)no2)n1. The van der Waals surface area contributed by atoms with Crippen molar-refractivity contribution in [1.29, 1.82) is 0 Å². The Morgan fingerprint density at radius 2 is 2.22 bits per heavy atom. The van der Waals surface area contributed by atoms with Crippen molar-refractivity contribution in [2.75, 3.05) is 17.2 Å². The molecule has 0 fully saturated rings. The third-order valence-corrected chi connectivity index (χ3v) is 2.46. The fraction of sp³-hybridized carbons (Fsp3) is 0.364. The molecule has 0 amide bonds. The molecule has 0 radical (unpaired) electrons. The quantitative estimate of drug-likeness (QED) is 0.867. The summed E-state index contributed by atoms with van der Waals surface area (Å²) in [5.41, 5.74) is 0.842. The van der Waals surface area contributed by atoms with Crippen LogP contribution < -0.4 is 10.6 Å². The van der Waals surface area contributed by atoms with Crippen LogP contribution in [0.25, 0.3) is 0 Å². The number of hydrogen-bond donors (Lipinski definition) is 2. The fourth-order valence-corrected chi connectivity index (χ4v) is 1.56. The van der Waals surface area contributed by atoms with E-state index in [9.17, 15) is 0 Å². The van der Waals surface area contributed by atoms with E-state index in [4.69, 9.17) is 16.1 Å². The van der Waals surface area contributed by atoms with Crippen molar-refractivity contribution in [2.24, 2.45) is 0 Å². The summed E-state index contributed by atoms with van der Waals surface area (Å²) < 4.78 is 5.09. The summed E-state index contributed by atoms with van der Waals surface area (Å²) >= 11 is 6.01. The van der Waals surface area contributed by atoms with Gasteiger partial charge in [0.2, 0.25) is 5.95 Å². The van der Waals surface area contributed by atoms with Gasteiger partial charge in [0.05, 0.1) is 18.4 Å². The normalized spacial score (nSPS) is 10.4. The summed E-state index contributed by atoms with van der Waals surface area (Å²) in [6.07, 6.45) is 1.56. The molecule has 0 aromatic carbocycles. The van der Waals surface area contributed by atoms with E-state index in [2.05, 4.69) is 25.8 Å². The smallest absolute Gasteiger partial charge is 0.224 e. The van der Waals surface area contributed by atoms with Crippen molar-refractivity contribution in [3.8, 4) is 0 Å². The van der Waals surface area contributed by atoms with Crippen LogP contribution >= 0.6 is 11.6 Å². The standard InChI is InChI=1S/C11H14ClN5O/c1-3-13-11-15-6-9(12)10(16-11)14-5-8-4-7(2)17-18-8/h4,6H,3,5H2,1-2H3,(H2,13,14,15,16). The minimum absolute atomic E-state index is 0.466. The van der Waals surface area contributed by atoms with Crippen LogP contribution in [-0.4, -0.2) is 21.7 Å². The van der Waals surface area contributed by atoms with Crippen molar-refractivity contribution in [1.82, 2.24) is 15.1 Å². The van der Waals surface area contributed by atoms with E-state index in [-0.39, 0.29) is 0 Å². The lowest BCUT2D eigenvalue weighted by molar-refractivity contribution is 0.384. The molecule has 0 atom stereocenters. The first-order valence-corrected chi connectivity index (χ1v) is 5.99. The number of aromatic nitrogens is 3. The Morgan fingerprint density at radius 3 is 2.89 bits per heavy atom. The Labute approximate surface area is 110 Å². The molecule has 0 aliphatic heterocycles. The van der Waals surface area contributed by atoms with Crippen LogP contribution in [0.4, 0.5) is 11.8 Å². The molecule has 6 nitrogen and oxygen atoms in total. The minimum Gasteiger partial charge on any atom is -0.361 e. The molecule has 0 unspecified atom stereocenters. The van der Waals surface area contributed by atoms with Crippen molar-refractivity contribution in [2.45, 2.75) is 20.4 Å². The molecule has 0 saturated carbocycles. The Hall–Kier alpha value is -1.82. The number of nitrogens with zero attached hydrogens (tertiary/aromatic N) is 3. The highest BCUT2D eigenvalue weighted by Gasteiger charge is 2.06. The summed E-state index contributed by atoms with van der Waals surface area (Å²) in [7, 11) is 0. The van der Waals surface area contributed by atoms with E-state index in [0.717, 1.165) is 18.0 Å². The summed E-state index contributed by atoms with van der Waals surface area (Å²) in [5, 5.41) is 10.4. The lowest BCUT2D eigenvalue weighted by atomic mass is 10.4. The van der Waals surface area contributed by atoms with Gasteiger partial charge in [0.15, 0.2) is 11.6 Å². The zero-order valence-electron chi connectivity index (χ0n) is 10.2. The zero-order chi connectivity index (χ0) is 13.0. The highest BCUT2D eigenvalue weighted by atomic mass is 35.5. The van der Waals surface area contributed by atoms with Gasteiger partial charge in [0.25, 0.3) is 0 Å². The molecule has 0 spiro atoms. The van der Waals surface area contributed by atoms with Gasteiger partial charge < -0.3 is 15.2 Å². The molecule has 2 heterocycles. The van der Waals surface area contributed by atoms with Gasteiger partial charge in [-0.2, -0.15) is 4.98 Å². The molecular weight excluding hydrogens is 254 g/mol. The Morgan fingerprint density at radius 1 is 1.39 bits per heavy atom. The topological polar surface area (TPSA) is 75.9 Å². The molecule has 7 heteroatoms. The van der Waals surface area contributed by atoms with Crippen LogP contribution in [-0.2, 0) is 6.54 Å². The molecule has 18 heavy (non-hydrogen) atoms. The van der Waals surface area contributed by atoms with Crippen molar-refractivity contribution >= 4 is 23.4 Å². The lowest BCUT2D eigenvalue weighted by Crippen LogP contribution is -2.06. The van der Waals surface area contributed by atoms with E-state index in [1.807, 2.05) is 19.9 Å². The number of anilines is 2. The van der Waals surface area contributed by atoms with Crippen LogP contribution in [0.2, 0.25) is 5.02 Å². The molecule has 2 aromatic heterocycles. The maximum atomic E-state index is 6.01.